The van der Waals surface area contributed by atoms with E-state index in [2.05, 4.69) is 15.9 Å². The van der Waals surface area contributed by atoms with Crippen LogP contribution in [-0.4, -0.2) is 34.7 Å². The smallest absolute Gasteiger partial charge is 0.338 e. The number of sulfonamides is 1. The highest BCUT2D eigenvalue weighted by atomic mass is 79.9. The number of esters is 1. The third-order valence-corrected chi connectivity index (χ3v) is 3.87. The number of ether oxygens (including phenoxy) is 2. The zero-order valence-electron chi connectivity index (χ0n) is 10.5. The third kappa shape index (κ3) is 4.27. The predicted octanol–water partition coefficient (Wildman–Crippen LogP) is 1.21. The summed E-state index contributed by atoms with van der Waals surface area (Å²) in [6.45, 7) is 1.85. The number of benzene rings is 1. The van der Waals surface area contributed by atoms with Crippen molar-refractivity contribution in [3.63, 3.8) is 0 Å². The maximum Gasteiger partial charge on any atom is 0.338 e. The van der Waals surface area contributed by atoms with Crippen molar-refractivity contribution < 1.29 is 22.7 Å². The Labute approximate surface area is 120 Å². The van der Waals surface area contributed by atoms with Gasteiger partial charge in [0.2, 0.25) is 10.0 Å². The van der Waals surface area contributed by atoms with Crippen molar-refractivity contribution in [1.29, 1.82) is 0 Å². The normalized spacial score (nSPS) is 11.4. The number of carbonyl (C=O) groups is 1. The van der Waals surface area contributed by atoms with E-state index in [4.69, 9.17) is 14.6 Å². The van der Waals surface area contributed by atoms with Crippen molar-refractivity contribution in [2.45, 2.75) is 11.8 Å². The van der Waals surface area contributed by atoms with Crippen molar-refractivity contribution in [2.75, 3.05) is 20.3 Å². The van der Waals surface area contributed by atoms with Crippen LogP contribution in [0.4, 0.5) is 0 Å². The number of carbonyl (C=O) groups excluding carboxylic acids is 1. The minimum Gasteiger partial charge on any atom is -0.460 e. The van der Waals surface area contributed by atoms with Crippen LogP contribution in [0, 0.1) is 6.92 Å². The second-order valence-electron chi connectivity index (χ2n) is 3.75. The van der Waals surface area contributed by atoms with E-state index in [0.29, 0.717) is 4.47 Å². The van der Waals surface area contributed by atoms with Gasteiger partial charge in [-0.25, -0.2) is 18.4 Å². The maximum absolute atomic E-state index is 11.8. The predicted molar refractivity (Wildman–Crippen MR) is 72.4 cm³/mol. The molecule has 0 saturated heterocycles. The molecule has 1 aromatic carbocycles. The van der Waals surface area contributed by atoms with E-state index in [0.717, 1.165) is 0 Å². The SMILES string of the molecule is COCCOC(=O)c1cc(Br)cc(S(N)(=O)=O)c1C. The third-order valence-electron chi connectivity index (χ3n) is 2.37. The van der Waals surface area contributed by atoms with Gasteiger partial charge in [0.15, 0.2) is 0 Å². The summed E-state index contributed by atoms with van der Waals surface area (Å²) in [7, 11) is -2.42. The molecule has 6 nitrogen and oxygen atoms in total. The van der Waals surface area contributed by atoms with E-state index in [9.17, 15) is 13.2 Å². The zero-order chi connectivity index (χ0) is 14.6. The molecule has 0 aliphatic rings. The lowest BCUT2D eigenvalue weighted by atomic mass is 10.1. The van der Waals surface area contributed by atoms with Crippen LogP contribution >= 0.6 is 15.9 Å². The quantitative estimate of drug-likeness (QED) is 0.635. The first-order valence-electron chi connectivity index (χ1n) is 5.26. The van der Waals surface area contributed by atoms with E-state index in [1.807, 2.05) is 0 Å². The van der Waals surface area contributed by atoms with Crippen molar-refractivity contribution in [1.82, 2.24) is 0 Å². The second kappa shape index (κ2) is 6.47. The molecule has 0 unspecified atom stereocenters. The van der Waals surface area contributed by atoms with Crippen LogP contribution in [0.25, 0.3) is 0 Å². The molecule has 0 heterocycles. The second-order valence-corrected chi connectivity index (χ2v) is 6.20. The van der Waals surface area contributed by atoms with Crippen LogP contribution < -0.4 is 5.14 Å². The Morgan fingerprint density at radius 2 is 2.00 bits per heavy atom. The van der Waals surface area contributed by atoms with E-state index in [-0.39, 0.29) is 29.2 Å². The summed E-state index contributed by atoms with van der Waals surface area (Å²) in [5, 5.41) is 5.10. The highest BCUT2D eigenvalue weighted by Gasteiger charge is 2.20. The van der Waals surface area contributed by atoms with Gasteiger partial charge in [0, 0.05) is 11.6 Å². The monoisotopic (exact) mass is 351 g/mol. The Balaban J connectivity index is 3.15. The molecule has 19 heavy (non-hydrogen) atoms. The van der Waals surface area contributed by atoms with E-state index in [1.165, 1.54) is 26.2 Å². The van der Waals surface area contributed by atoms with Gasteiger partial charge in [-0.1, -0.05) is 15.9 Å². The molecule has 2 N–H and O–H groups in total. The summed E-state index contributed by atoms with van der Waals surface area (Å²) in [5.41, 5.74) is 0.405. The van der Waals surface area contributed by atoms with Crippen molar-refractivity contribution in [3.05, 3.63) is 27.7 Å². The lowest BCUT2D eigenvalue weighted by molar-refractivity contribution is 0.0387. The average molecular weight is 352 g/mol. The fourth-order valence-electron chi connectivity index (χ4n) is 1.46. The molecule has 1 aromatic rings. The van der Waals surface area contributed by atoms with Crippen molar-refractivity contribution >= 4 is 31.9 Å². The largest absolute Gasteiger partial charge is 0.460 e. The number of methoxy groups -OCH3 is 1. The Kier molecular flexibility index (Phi) is 5.48. The lowest BCUT2D eigenvalue weighted by Crippen LogP contribution is -2.17. The van der Waals surface area contributed by atoms with Crippen molar-refractivity contribution in [2.24, 2.45) is 5.14 Å². The Bertz CT molecular complexity index is 585. The highest BCUT2D eigenvalue weighted by molar-refractivity contribution is 9.10. The summed E-state index contributed by atoms with van der Waals surface area (Å²) in [4.78, 5) is 11.7. The summed E-state index contributed by atoms with van der Waals surface area (Å²) >= 11 is 3.14. The fraction of sp³-hybridized carbons (Fsp3) is 0.364. The van der Waals surface area contributed by atoms with Gasteiger partial charge in [-0.05, 0) is 24.6 Å². The van der Waals surface area contributed by atoms with Crippen LogP contribution in [0.5, 0.6) is 0 Å². The molecule has 8 heteroatoms. The van der Waals surface area contributed by atoms with Crippen LogP contribution in [-0.2, 0) is 19.5 Å². The molecule has 0 aliphatic heterocycles. The number of hydrogen-bond acceptors (Lipinski definition) is 5. The first kappa shape index (κ1) is 16.1. The van der Waals surface area contributed by atoms with E-state index in [1.54, 1.807) is 0 Å². The summed E-state index contributed by atoms with van der Waals surface area (Å²) < 4.78 is 33.0. The number of halogens is 1. The van der Waals surface area contributed by atoms with Gasteiger partial charge in [-0.15, -0.1) is 0 Å². The molecule has 0 spiro atoms. The molecule has 0 aliphatic carbocycles. The Morgan fingerprint density at radius 3 is 2.53 bits per heavy atom. The minimum atomic E-state index is -3.90. The van der Waals surface area contributed by atoms with Crippen LogP contribution in [0.3, 0.4) is 0 Å². The molecular weight excluding hydrogens is 338 g/mol. The van der Waals surface area contributed by atoms with Gasteiger partial charge >= 0.3 is 5.97 Å². The standard InChI is InChI=1S/C11H14BrNO5S/c1-7-9(11(14)18-4-3-17-2)5-8(12)6-10(7)19(13,15)16/h5-6H,3-4H2,1-2H3,(H2,13,15,16). The van der Waals surface area contributed by atoms with Gasteiger partial charge in [0.05, 0.1) is 17.1 Å². The van der Waals surface area contributed by atoms with Crippen LogP contribution in [0.1, 0.15) is 15.9 Å². The summed E-state index contributed by atoms with van der Waals surface area (Å²) in [5.74, 6) is -0.624. The van der Waals surface area contributed by atoms with Gasteiger partial charge in [0.25, 0.3) is 0 Å². The molecule has 0 saturated carbocycles. The van der Waals surface area contributed by atoms with Gasteiger partial charge in [0.1, 0.15) is 6.61 Å². The first-order valence-corrected chi connectivity index (χ1v) is 7.60. The number of hydrogen-bond donors (Lipinski definition) is 1. The highest BCUT2D eigenvalue weighted by Crippen LogP contribution is 2.24. The van der Waals surface area contributed by atoms with E-state index >= 15 is 0 Å². The topological polar surface area (TPSA) is 95.7 Å². The van der Waals surface area contributed by atoms with Crippen molar-refractivity contribution in [3.8, 4) is 0 Å². The number of rotatable bonds is 5. The minimum absolute atomic E-state index is 0.0893. The van der Waals surface area contributed by atoms with Gasteiger partial charge < -0.3 is 9.47 Å². The summed E-state index contributed by atoms with van der Waals surface area (Å²) in [6.07, 6.45) is 0. The zero-order valence-corrected chi connectivity index (χ0v) is 12.9. The van der Waals surface area contributed by atoms with Crippen LogP contribution in [0.15, 0.2) is 21.5 Å². The number of primary sulfonamides is 1. The van der Waals surface area contributed by atoms with Gasteiger partial charge in [-0.2, -0.15) is 0 Å². The maximum atomic E-state index is 11.8. The Morgan fingerprint density at radius 1 is 1.37 bits per heavy atom. The fourth-order valence-corrected chi connectivity index (χ4v) is 2.89. The molecule has 0 radical (unpaired) electrons. The molecule has 0 fully saturated rings. The van der Waals surface area contributed by atoms with E-state index < -0.39 is 16.0 Å². The molecule has 106 valence electrons. The van der Waals surface area contributed by atoms with Gasteiger partial charge in [-0.3, -0.25) is 0 Å². The first-order chi connectivity index (χ1) is 8.77. The number of nitrogens with two attached hydrogens (primary N) is 1. The summed E-state index contributed by atoms with van der Waals surface area (Å²) in [6, 6.07) is 2.83. The average Bonchev–Trinajstić information content (AvgIpc) is 2.30. The molecule has 0 atom stereocenters. The lowest BCUT2D eigenvalue weighted by Gasteiger charge is -2.10. The molecule has 1 rings (SSSR count). The molecule has 0 bridgehead atoms. The molecule has 0 amide bonds. The molecular formula is C11H14BrNO5S. The molecule has 0 aromatic heterocycles. The van der Waals surface area contributed by atoms with Crippen LogP contribution in [0.2, 0.25) is 0 Å². The Hall–Kier alpha value is -0.960.